The van der Waals surface area contributed by atoms with Crippen LogP contribution in [-0.4, -0.2) is 31.7 Å². The second-order valence-electron chi connectivity index (χ2n) is 5.98. The molecule has 0 radical (unpaired) electrons. The first kappa shape index (κ1) is 21.0. The molecule has 146 valence electrons. The number of hydrogen-bond acceptors (Lipinski definition) is 4. The minimum atomic E-state index is -1.82. The van der Waals surface area contributed by atoms with Crippen LogP contribution in [0, 0.1) is 6.92 Å². The number of carboxylic acid groups (broad SMARTS) is 2. The van der Waals surface area contributed by atoms with Crippen LogP contribution < -0.4 is 5.32 Å². The number of carboxylic acids is 2. The summed E-state index contributed by atoms with van der Waals surface area (Å²) in [7, 11) is 2.02. The van der Waals surface area contributed by atoms with E-state index >= 15 is 0 Å². The smallest absolute Gasteiger partial charge is 0.414 e. The Morgan fingerprint density at radius 3 is 2.14 bits per heavy atom. The summed E-state index contributed by atoms with van der Waals surface area (Å²) in [4.78, 5) is 22.7. The van der Waals surface area contributed by atoms with Crippen molar-refractivity contribution in [1.29, 1.82) is 0 Å². The highest BCUT2D eigenvalue weighted by atomic mass is 35.5. The van der Waals surface area contributed by atoms with Gasteiger partial charge in [-0.15, -0.1) is 0 Å². The van der Waals surface area contributed by atoms with E-state index < -0.39 is 11.9 Å². The molecule has 0 amide bonds. The summed E-state index contributed by atoms with van der Waals surface area (Å²) in [6.45, 7) is 2.81. The SMILES string of the molecule is Cc1ccc(-c2cnc(NCc3ccc(Cl)cc3)n2C)cc1.O=C(O)C(=O)O. The van der Waals surface area contributed by atoms with Gasteiger partial charge in [-0.25, -0.2) is 14.6 Å². The Bertz CT molecular complexity index is 939. The lowest BCUT2D eigenvalue weighted by molar-refractivity contribution is -0.159. The Hall–Kier alpha value is -3.32. The molecule has 0 spiro atoms. The average Bonchev–Trinajstić information content (AvgIpc) is 3.03. The summed E-state index contributed by atoms with van der Waals surface area (Å²) in [5, 5.41) is 18.9. The molecule has 3 N–H and O–H groups in total. The highest BCUT2D eigenvalue weighted by Gasteiger charge is 2.08. The number of nitrogens with one attached hydrogen (secondary N) is 1. The van der Waals surface area contributed by atoms with E-state index in [1.807, 2.05) is 37.5 Å². The van der Waals surface area contributed by atoms with E-state index in [0.717, 1.165) is 23.2 Å². The van der Waals surface area contributed by atoms with Crippen LogP contribution in [0.2, 0.25) is 5.02 Å². The number of carbonyl (C=O) groups is 2. The minimum Gasteiger partial charge on any atom is -0.473 e. The highest BCUT2D eigenvalue weighted by molar-refractivity contribution is 6.30. The molecular weight excluding hydrogens is 382 g/mol. The number of benzene rings is 2. The second kappa shape index (κ2) is 9.57. The third kappa shape index (κ3) is 5.85. The predicted octanol–water partition coefficient (Wildman–Crippen LogP) is 3.82. The fourth-order valence-corrected chi connectivity index (χ4v) is 2.48. The van der Waals surface area contributed by atoms with Gasteiger partial charge in [0.05, 0.1) is 11.9 Å². The molecule has 1 aromatic heterocycles. The van der Waals surface area contributed by atoms with Gasteiger partial charge in [0.15, 0.2) is 0 Å². The normalized spacial score (nSPS) is 9.96. The van der Waals surface area contributed by atoms with Crippen LogP contribution in [-0.2, 0) is 23.2 Å². The largest absolute Gasteiger partial charge is 0.473 e. The molecule has 0 aliphatic rings. The number of aromatic nitrogens is 2. The molecule has 0 saturated heterocycles. The van der Waals surface area contributed by atoms with Gasteiger partial charge in [0, 0.05) is 18.6 Å². The van der Waals surface area contributed by atoms with Gasteiger partial charge in [0.2, 0.25) is 5.95 Å². The third-order valence-corrected chi connectivity index (χ3v) is 4.13. The third-order valence-electron chi connectivity index (χ3n) is 3.88. The van der Waals surface area contributed by atoms with Crippen molar-refractivity contribution < 1.29 is 19.8 Å². The van der Waals surface area contributed by atoms with Gasteiger partial charge in [0.25, 0.3) is 0 Å². The number of anilines is 1. The Morgan fingerprint density at radius 1 is 1.04 bits per heavy atom. The van der Waals surface area contributed by atoms with Crippen molar-refractivity contribution in [1.82, 2.24) is 9.55 Å². The molecule has 3 rings (SSSR count). The maximum atomic E-state index is 9.10. The Balaban J connectivity index is 0.000000409. The molecule has 0 unspecified atom stereocenters. The quantitative estimate of drug-likeness (QED) is 0.574. The van der Waals surface area contributed by atoms with E-state index in [2.05, 4.69) is 46.1 Å². The number of aliphatic carboxylic acids is 2. The molecule has 0 saturated carbocycles. The number of nitrogens with zero attached hydrogens (tertiary/aromatic N) is 2. The van der Waals surface area contributed by atoms with Gasteiger partial charge in [-0.05, 0) is 30.2 Å². The monoisotopic (exact) mass is 401 g/mol. The maximum absolute atomic E-state index is 9.10. The number of hydrogen-bond donors (Lipinski definition) is 3. The zero-order valence-electron chi connectivity index (χ0n) is 15.4. The van der Waals surface area contributed by atoms with Crippen LogP contribution >= 0.6 is 11.6 Å². The van der Waals surface area contributed by atoms with Crippen molar-refractivity contribution in [2.45, 2.75) is 13.5 Å². The predicted molar refractivity (Wildman–Crippen MR) is 107 cm³/mol. The minimum absolute atomic E-state index is 0.718. The summed E-state index contributed by atoms with van der Waals surface area (Å²) in [6.07, 6.45) is 1.90. The van der Waals surface area contributed by atoms with E-state index in [1.165, 1.54) is 16.7 Å². The molecule has 28 heavy (non-hydrogen) atoms. The van der Waals surface area contributed by atoms with Gasteiger partial charge >= 0.3 is 11.9 Å². The molecule has 7 nitrogen and oxygen atoms in total. The molecule has 0 atom stereocenters. The number of aryl methyl sites for hydroxylation is 1. The van der Waals surface area contributed by atoms with Crippen molar-refractivity contribution >= 4 is 29.5 Å². The van der Waals surface area contributed by atoms with Gasteiger partial charge in [-0.1, -0.05) is 53.6 Å². The molecule has 0 fully saturated rings. The molecule has 8 heteroatoms. The standard InChI is InChI=1S/C18H18ClN3.C2H2O4/c1-13-3-7-15(8-4-13)17-12-21-18(22(17)2)20-11-14-5-9-16(19)10-6-14;3-1(4)2(5)6/h3-10,12H,11H2,1-2H3,(H,20,21);(H,3,4)(H,5,6). The fourth-order valence-electron chi connectivity index (χ4n) is 2.35. The first-order chi connectivity index (χ1) is 13.3. The van der Waals surface area contributed by atoms with Crippen LogP contribution in [0.5, 0.6) is 0 Å². The molecule has 0 aliphatic carbocycles. The second-order valence-corrected chi connectivity index (χ2v) is 6.42. The number of halogens is 1. The van der Waals surface area contributed by atoms with E-state index in [4.69, 9.17) is 31.4 Å². The molecule has 2 aromatic carbocycles. The van der Waals surface area contributed by atoms with E-state index in [0.29, 0.717) is 0 Å². The summed E-state index contributed by atoms with van der Waals surface area (Å²) < 4.78 is 2.07. The fraction of sp³-hybridized carbons (Fsp3) is 0.150. The van der Waals surface area contributed by atoms with Gasteiger partial charge in [-0.2, -0.15) is 0 Å². The summed E-state index contributed by atoms with van der Waals surface area (Å²) in [5.74, 6) is -2.80. The Labute approximate surface area is 167 Å². The molecule has 3 aromatic rings. The van der Waals surface area contributed by atoms with Gasteiger partial charge in [0.1, 0.15) is 0 Å². The summed E-state index contributed by atoms with van der Waals surface area (Å²) in [5.41, 5.74) is 4.69. The lowest BCUT2D eigenvalue weighted by atomic mass is 10.1. The Morgan fingerprint density at radius 2 is 1.61 bits per heavy atom. The van der Waals surface area contributed by atoms with Crippen LogP contribution in [0.15, 0.2) is 54.7 Å². The van der Waals surface area contributed by atoms with Crippen molar-refractivity contribution in [2.75, 3.05) is 5.32 Å². The number of imidazole rings is 1. The van der Waals surface area contributed by atoms with Crippen molar-refractivity contribution in [3.05, 3.63) is 70.9 Å². The van der Waals surface area contributed by atoms with E-state index in [-0.39, 0.29) is 0 Å². The molecule has 1 heterocycles. The van der Waals surface area contributed by atoms with Crippen molar-refractivity contribution in [3.8, 4) is 11.3 Å². The molecule has 0 bridgehead atoms. The lowest BCUT2D eigenvalue weighted by Gasteiger charge is -2.09. The van der Waals surface area contributed by atoms with Crippen LogP contribution in [0.3, 0.4) is 0 Å². The van der Waals surface area contributed by atoms with Crippen molar-refractivity contribution in [3.63, 3.8) is 0 Å². The van der Waals surface area contributed by atoms with Crippen LogP contribution in [0.1, 0.15) is 11.1 Å². The zero-order chi connectivity index (χ0) is 20.7. The summed E-state index contributed by atoms with van der Waals surface area (Å²) >= 11 is 5.90. The first-order valence-corrected chi connectivity index (χ1v) is 8.69. The van der Waals surface area contributed by atoms with E-state index in [1.54, 1.807) is 0 Å². The summed E-state index contributed by atoms with van der Waals surface area (Å²) in [6, 6.07) is 16.3. The van der Waals surface area contributed by atoms with Crippen molar-refractivity contribution in [2.24, 2.45) is 7.05 Å². The van der Waals surface area contributed by atoms with Crippen LogP contribution in [0.4, 0.5) is 5.95 Å². The first-order valence-electron chi connectivity index (χ1n) is 8.31. The number of rotatable bonds is 4. The van der Waals surface area contributed by atoms with E-state index in [9.17, 15) is 0 Å². The van der Waals surface area contributed by atoms with Crippen LogP contribution in [0.25, 0.3) is 11.3 Å². The highest BCUT2D eigenvalue weighted by Crippen LogP contribution is 2.22. The molecule has 0 aliphatic heterocycles. The zero-order valence-corrected chi connectivity index (χ0v) is 16.1. The average molecular weight is 402 g/mol. The van der Waals surface area contributed by atoms with Gasteiger partial charge in [-0.3, -0.25) is 0 Å². The topological polar surface area (TPSA) is 104 Å². The Kier molecular flexibility index (Phi) is 7.17. The van der Waals surface area contributed by atoms with Gasteiger partial charge < -0.3 is 20.1 Å². The lowest BCUT2D eigenvalue weighted by Crippen LogP contribution is -2.09. The molecular formula is C20H20ClN3O4. The maximum Gasteiger partial charge on any atom is 0.414 e.